The molecule has 1 amide bonds. The highest BCUT2D eigenvalue weighted by molar-refractivity contribution is 7.92. The summed E-state index contributed by atoms with van der Waals surface area (Å²) in [5, 5.41) is 2.84. The minimum Gasteiger partial charge on any atom is -0.494 e. The van der Waals surface area contributed by atoms with Gasteiger partial charge in [-0.1, -0.05) is 19.1 Å². The number of benzene rings is 2. The molecule has 0 fully saturated rings. The summed E-state index contributed by atoms with van der Waals surface area (Å²) in [6, 6.07) is 11.3. The van der Waals surface area contributed by atoms with Crippen LogP contribution in [0, 0.1) is 0 Å². The number of ether oxygens (including phenoxy) is 1. The van der Waals surface area contributed by atoms with Gasteiger partial charge in [0.15, 0.2) is 9.84 Å². The van der Waals surface area contributed by atoms with Crippen LogP contribution in [0.25, 0.3) is 0 Å². The molecule has 0 spiro atoms. The van der Waals surface area contributed by atoms with Gasteiger partial charge >= 0.3 is 0 Å². The van der Waals surface area contributed by atoms with E-state index in [1.54, 1.807) is 50.2 Å². The quantitative estimate of drug-likeness (QED) is 0.558. The van der Waals surface area contributed by atoms with Crippen LogP contribution in [0.5, 0.6) is 5.75 Å². The first-order valence-electron chi connectivity index (χ1n) is 10.2. The molecule has 0 heterocycles. The number of rotatable bonds is 10. The molecule has 2 aromatic rings. The lowest BCUT2D eigenvalue weighted by Gasteiger charge is -2.31. The van der Waals surface area contributed by atoms with Gasteiger partial charge in [0.05, 0.1) is 29.5 Å². The van der Waals surface area contributed by atoms with Crippen LogP contribution < -0.4 is 14.4 Å². The standard InChI is InChI=1S/C22H30N2O6S2/c1-6-21(24(32(5,28)29)18-10-12-19(13-11-18)30-7-2)22(25)23-16(3)17-8-14-20(15-9-17)31(4,26)27/h8-16,21H,6-7H2,1-5H3,(H,23,25)/t16-,21-/m0/s1. The molecule has 0 unspecified atom stereocenters. The predicted octanol–water partition coefficient (Wildman–Crippen LogP) is 2.91. The van der Waals surface area contributed by atoms with E-state index in [9.17, 15) is 21.6 Å². The maximum atomic E-state index is 13.1. The Morgan fingerprint density at radius 3 is 1.97 bits per heavy atom. The normalized spacial score (nSPS) is 13.8. The first-order chi connectivity index (χ1) is 14.9. The van der Waals surface area contributed by atoms with Crippen molar-refractivity contribution in [3.63, 3.8) is 0 Å². The molecule has 0 aliphatic carbocycles. The van der Waals surface area contributed by atoms with Gasteiger partial charge in [0.2, 0.25) is 15.9 Å². The Bertz CT molecular complexity index is 1130. The second-order valence-electron chi connectivity index (χ2n) is 7.48. The largest absolute Gasteiger partial charge is 0.494 e. The molecule has 0 saturated carbocycles. The number of carbonyl (C=O) groups excluding carboxylic acids is 1. The fourth-order valence-corrected chi connectivity index (χ4v) is 5.16. The Morgan fingerprint density at radius 2 is 1.53 bits per heavy atom. The fourth-order valence-electron chi connectivity index (χ4n) is 3.31. The fraction of sp³-hybridized carbons (Fsp3) is 0.409. The highest BCUT2D eigenvalue weighted by atomic mass is 32.2. The molecule has 0 radical (unpaired) electrons. The molecule has 0 aliphatic rings. The van der Waals surface area contributed by atoms with Crippen molar-refractivity contribution < 1.29 is 26.4 Å². The van der Waals surface area contributed by atoms with Crippen molar-refractivity contribution in [2.24, 2.45) is 0 Å². The summed E-state index contributed by atoms with van der Waals surface area (Å²) >= 11 is 0. The van der Waals surface area contributed by atoms with Crippen molar-refractivity contribution in [2.75, 3.05) is 23.4 Å². The molecule has 0 saturated heterocycles. The smallest absolute Gasteiger partial charge is 0.244 e. The van der Waals surface area contributed by atoms with Gasteiger partial charge in [-0.25, -0.2) is 16.8 Å². The number of nitrogens with zero attached hydrogens (tertiary/aromatic N) is 1. The third-order valence-electron chi connectivity index (χ3n) is 4.90. The maximum absolute atomic E-state index is 13.1. The van der Waals surface area contributed by atoms with Gasteiger partial charge in [-0.15, -0.1) is 0 Å². The Balaban J connectivity index is 2.27. The van der Waals surface area contributed by atoms with Crippen molar-refractivity contribution in [1.82, 2.24) is 5.32 Å². The average molecular weight is 483 g/mol. The van der Waals surface area contributed by atoms with E-state index in [-0.39, 0.29) is 11.3 Å². The van der Waals surface area contributed by atoms with Gasteiger partial charge in [-0.2, -0.15) is 0 Å². The average Bonchev–Trinajstić information content (AvgIpc) is 2.71. The van der Waals surface area contributed by atoms with Crippen LogP contribution in [-0.4, -0.2) is 47.9 Å². The molecule has 2 atom stereocenters. The lowest BCUT2D eigenvalue weighted by Crippen LogP contribution is -2.49. The molecule has 2 aromatic carbocycles. The minimum absolute atomic E-state index is 0.185. The zero-order chi connectivity index (χ0) is 24.1. The predicted molar refractivity (Wildman–Crippen MR) is 125 cm³/mol. The van der Waals surface area contributed by atoms with Gasteiger partial charge in [-0.05, 0) is 62.2 Å². The third-order valence-corrected chi connectivity index (χ3v) is 7.21. The molecule has 176 valence electrons. The third kappa shape index (κ3) is 6.46. The number of carbonyl (C=O) groups is 1. The highest BCUT2D eigenvalue weighted by Gasteiger charge is 2.32. The van der Waals surface area contributed by atoms with Crippen LogP contribution in [0.2, 0.25) is 0 Å². The van der Waals surface area contributed by atoms with Crippen molar-refractivity contribution in [3.05, 3.63) is 54.1 Å². The number of hydrogen-bond acceptors (Lipinski definition) is 6. The van der Waals surface area contributed by atoms with E-state index >= 15 is 0 Å². The Labute approximate surface area is 190 Å². The molecule has 1 N–H and O–H groups in total. The summed E-state index contributed by atoms with van der Waals surface area (Å²) in [5.41, 5.74) is 1.07. The maximum Gasteiger partial charge on any atom is 0.244 e. The molecule has 0 aromatic heterocycles. The Hall–Kier alpha value is -2.59. The zero-order valence-corrected chi connectivity index (χ0v) is 20.5. The number of sulfonamides is 1. The van der Waals surface area contributed by atoms with E-state index in [1.165, 1.54) is 12.1 Å². The van der Waals surface area contributed by atoms with Crippen LogP contribution in [0.4, 0.5) is 5.69 Å². The lowest BCUT2D eigenvalue weighted by atomic mass is 10.1. The molecule has 10 heteroatoms. The van der Waals surface area contributed by atoms with Crippen LogP contribution in [-0.2, 0) is 24.7 Å². The topological polar surface area (TPSA) is 110 Å². The van der Waals surface area contributed by atoms with Crippen molar-refractivity contribution in [1.29, 1.82) is 0 Å². The van der Waals surface area contributed by atoms with Gasteiger partial charge in [0.25, 0.3) is 0 Å². The summed E-state index contributed by atoms with van der Waals surface area (Å²) in [6.45, 7) is 5.83. The van der Waals surface area contributed by atoms with E-state index in [0.29, 0.717) is 23.6 Å². The van der Waals surface area contributed by atoms with Crippen LogP contribution in [0.15, 0.2) is 53.4 Å². The van der Waals surface area contributed by atoms with Crippen molar-refractivity contribution in [2.45, 2.75) is 44.2 Å². The highest BCUT2D eigenvalue weighted by Crippen LogP contribution is 2.26. The molecule has 2 rings (SSSR count). The monoisotopic (exact) mass is 482 g/mol. The summed E-state index contributed by atoms with van der Waals surface area (Å²) in [7, 11) is -7.08. The molecule has 0 bridgehead atoms. The summed E-state index contributed by atoms with van der Waals surface area (Å²) in [6.07, 6.45) is 2.44. The number of sulfone groups is 1. The second kappa shape index (κ2) is 10.4. The van der Waals surface area contributed by atoms with E-state index in [0.717, 1.165) is 16.8 Å². The van der Waals surface area contributed by atoms with Crippen LogP contribution in [0.1, 0.15) is 38.8 Å². The van der Waals surface area contributed by atoms with Gasteiger partial charge in [0.1, 0.15) is 11.8 Å². The molecular weight excluding hydrogens is 452 g/mol. The molecule has 32 heavy (non-hydrogen) atoms. The van der Waals surface area contributed by atoms with Crippen molar-refractivity contribution in [3.8, 4) is 5.75 Å². The van der Waals surface area contributed by atoms with Gasteiger partial charge < -0.3 is 10.1 Å². The number of hydrogen-bond donors (Lipinski definition) is 1. The summed E-state index contributed by atoms with van der Waals surface area (Å²) in [5.74, 6) is 0.153. The van der Waals surface area contributed by atoms with E-state index < -0.39 is 37.9 Å². The van der Waals surface area contributed by atoms with Crippen LogP contribution in [0.3, 0.4) is 0 Å². The Kier molecular flexibility index (Phi) is 8.30. The first kappa shape index (κ1) is 25.7. The SMILES string of the molecule is CCOc1ccc(N([C@@H](CC)C(=O)N[C@@H](C)c2ccc(S(C)(=O)=O)cc2)S(C)(=O)=O)cc1. The van der Waals surface area contributed by atoms with E-state index in [1.807, 2.05) is 6.92 Å². The number of anilines is 1. The summed E-state index contributed by atoms with van der Waals surface area (Å²) in [4.78, 5) is 13.3. The minimum atomic E-state index is -3.76. The molecule has 8 nitrogen and oxygen atoms in total. The van der Waals surface area contributed by atoms with E-state index in [2.05, 4.69) is 5.32 Å². The Morgan fingerprint density at radius 1 is 0.969 bits per heavy atom. The second-order valence-corrected chi connectivity index (χ2v) is 11.4. The van der Waals surface area contributed by atoms with Gasteiger partial charge in [-0.3, -0.25) is 9.10 Å². The first-order valence-corrected chi connectivity index (χ1v) is 13.9. The van der Waals surface area contributed by atoms with Gasteiger partial charge in [0, 0.05) is 6.26 Å². The van der Waals surface area contributed by atoms with Crippen molar-refractivity contribution >= 4 is 31.5 Å². The molecule has 0 aliphatic heterocycles. The zero-order valence-electron chi connectivity index (χ0n) is 18.9. The number of nitrogens with one attached hydrogen (secondary N) is 1. The summed E-state index contributed by atoms with van der Waals surface area (Å²) < 4.78 is 55.0. The van der Waals surface area contributed by atoms with E-state index in [4.69, 9.17) is 4.74 Å². The molecular formula is C22H30N2O6S2. The van der Waals surface area contributed by atoms with Crippen LogP contribution >= 0.6 is 0 Å². The number of amides is 1. The lowest BCUT2D eigenvalue weighted by molar-refractivity contribution is -0.122.